The third kappa shape index (κ3) is 4.20. The van der Waals surface area contributed by atoms with E-state index in [2.05, 4.69) is 20.6 Å². The second kappa shape index (κ2) is 7.12. The highest BCUT2D eigenvalue weighted by Crippen LogP contribution is 2.22. The standard InChI is InChI=1S/C18H16F2N4O/c1-11-8-17(22-13-6-7-15(19)16(20)10-13)24-18(21-11)23-12-4-3-5-14(9-12)25-2/h3-10H,1-2H3,(H2,21,22,23,24). The van der Waals surface area contributed by atoms with Crippen molar-refractivity contribution in [3.63, 3.8) is 0 Å². The van der Waals surface area contributed by atoms with Crippen molar-refractivity contribution in [3.8, 4) is 5.75 Å². The van der Waals surface area contributed by atoms with Crippen molar-refractivity contribution in [2.45, 2.75) is 6.92 Å². The van der Waals surface area contributed by atoms with Gasteiger partial charge in [0, 0.05) is 35.3 Å². The Kier molecular flexibility index (Phi) is 4.74. The lowest BCUT2D eigenvalue weighted by Crippen LogP contribution is -2.03. The van der Waals surface area contributed by atoms with Gasteiger partial charge in [0.1, 0.15) is 11.6 Å². The van der Waals surface area contributed by atoms with Crippen LogP contribution in [0, 0.1) is 18.6 Å². The van der Waals surface area contributed by atoms with Crippen molar-refractivity contribution in [1.82, 2.24) is 9.97 Å². The van der Waals surface area contributed by atoms with Crippen LogP contribution in [0.2, 0.25) is 0 Å². The van der Waals surface area contributed by atoms with Crippen molar-refractivity contribution in [1.29, 1.82) is 0 Å². The molecule has 7 heteroatoms. The van der Waals surface area contributed by atoms with Crippen LogP contribution in [0.4, 0.5) is 31.9 Å². The Labute approximate surface area is 143 Å². The molecular weight excluding hydrogens is 326 g/mol. The molecule has 3 aromatic rings. The Morgan fingerprint density at radius 2 is 1.68 bits per heavy atom. The number of hydrogen-bond acceptors (Lipinski definition) is 5. The largest absolute Gasteiger partial charge is 0.497 e. The fourth-order valence-corrected chi connectivity index (χ4v) is 2.24. The molecule has 0 saturated heterocycles. The number of hydrogen-bond donors (Lipinski definition) is 2. The average Bonchev–Trinajstić information content (AvgIpc) is 2.58. The number of aromatic nitrogens is 2. The van der Waals surface area contributed by atoms with Crippen molar-refractivity contribution in [2.75, 3.05) is 17.7 Å². The zero-order valence-corrected chi connectivity index (χ0v) is 13.7. The van der Waals surface area contributed by atoms with Crippen molar-refractivity contribution >= 4 is 23.1 Å². The van der Waals surface area contributed by atoms with Crippen LogP contribution in [0.5, 0.6) is 5.75 Å². The maximum absolute atomic E-state index is 13.3. The topological polar surface area (TPSA) is 59.1 Å². The van der Waals surface area contributed by atoms with E-state index >= 15 is 0 Å². The molecule has 0 fully saturated rings. The lowest BCUT2D eigenvalue weighted by atomic mass is 10.3. The van der Waals surface area contributed by atoms with Gasteiger partial charge in [-0.2, -0.15) is 4.98 Å². The Hall–Kier alpha value is -3.22. The van der Waals surface area contributed by atoms with E-state index in [1.807, 2.05) is 31.2 Å². The van der Waals surface area contributed by atoms with Crippen molar-refractivity contribution in [2.24, 2.45) is 0 Å². The number of halogens is 2. The summed E-state index contributed by atoms with van der Waals surface area (Å²) in [6.07, 6.45) is 0. The molecule has 0 unspecified atom stereocenters. The number of nitrogens with zero attached hydrogens (tertiary/aromatic N) is 2. The third-order valence-electron chi connectivity index (χ3n) is 3.37. The quantitative estimate of drug-likeness (QED) is 0.712. The van der Waals surface area contributed by atoms with Crippen LogP contribution in [0.1, 0.15) is 5.69 Å². The Morgan fingerprint density at radius 1 is 0.880 bits per heavy atom. The molecule has 2 aromatic carbocycles. The van der Waals surface area contributed by atoms with Crippen LogP contribution in [-0.4, -0.2) is 17.1 Å². The molecule has 1 aromatic heterocycles. The molecule has 1 heterocycles. The first-order chi connectivity index (χ1) is 12.0. The summed E-state index contributed by atoms with van der Waals surface area (Å²) in [5, 5.41) is 6.03. The smallest absolute Gasteiger partial charge is 0.229 e. The Bertz CT molecular complexity index is 902. The van der Waals surface area contributed by atoms with E-state index in [-0.39, 0.29) is 0 Å². The predicted octanol–water partition coefficient (Wildman–Crippen LogP) is 4.56. The predicted molar refractivity (Wildman–Crippen MR) is 92.7 cm³/mol. The first kappa shape index (κ1) is 16.6. The molecule has 128 valence electrons. The van der Waals surface area contributed by atoms with E-state index in [4.69, 9.17) is 4.74 Å². The minimum atomic E-state index is -0.925. The minimum Gasteiger partial charge on any atom is -0.497 e. The highest BCUT2D eigenvalue weighted by molar-refractivity contribution is 5.61. The zero-order chi connectivity index (χ0) is 17.8. The molecule has 0 aliphatic rings. The number of ether oxygens (including phenoxy) is 1. The molecule has 5 nitrogen and oxygen atoms in total. The monoisotopic (exact) mass is 342 g/mol. The van der Waals surface area contributed by atoms with E-state index < -0.39 is 11.6 Å². The highest BCUT2D eigenvalue weighted by Gasteiger charge is 2.07. The molecule has 0 spiro atoms. The summed E-state index contributed by atoms with van der Waals surface area (Å²) in [7, 11) is 1.59. The van der Waals surface area contributed by atoms with Gasteiger partial charge in [-0.25, -0.2) is 13.8 Å². The molecule has 0 saturated carbocycles. The normalized spacial score (nSPS) is 10.4. The number of anilines is 4. The summed E-state index contributed by atoms with van der Waals surface area (Å²) in [6.45, 7) is 1.81. The van der Waals surface area contributed by atoms with E-state index in [0.29, 0.717) is 28.9 Å². The van der Waals surface area contributed by atoms with Crippen LogP contribution >= 0.6 is 0 Å². The van der Waals surface area contributed by atoms with Gasteiger partial charge < -0.3 is 15.4 Å². The Morgan fingerprint density at radius 3 is 2.44 bits per heavy atom. The van der Waals surface area contributed by atoms with Gasteiger partial charge in [0.2, 0.25) is 5.95 Å². The molecule has 0 aliphatic carbocycles. The average molecular weight is 342 g/mol. The van der Waals surface area contributed by atoms with Crippen LogP contribution in [0.25, 0.3) is 0 Å². The molecule has 0 radical (unpaired) electrons. The van der Waals surface area contributed by atoms with E-state index in [0.717, 1.165) is 17.8 Å². The first-order valence-corrected chi connectivity index (χ1v) is 7.52. The van der Waals surface area contributed by atoms with E-state index in [1.165, 1.54) is 6.07 Å². The second-order valence-corrected chi connectivity index (χ2v) is 5.33. The van der Waals surface area contributed by atoms with Gasteiger partial charge in [-0.15, -0.1) is 0 Å². The number of nitrogens with one attached hydrogen (secondary N) is 2. The summed E-state index contributed by atoms with van der Waals surface area (Å²) < 4.78 is 31.5. The van der Waals surface area contributed by atoms with Crippen molar-refractivity contribution in [3.05, 3.63) is 65.9 Å². The molecule has 0 aliphatic heterocycles. The minimum absolute atomic E-state index is 0.373. The Balaban J connectivity index is 1.83. The maximum Gasteiger partial charge on any atom is 0.229 e. The maximum atomic E-state index is 13.3. The van der Waals surface area contributed by atoms with Crippen LogP contribution in [-0.2, 0) is 0 Å². The molecule has 0 bridgehead atoms. The number of methoxy groups -OCH3 is 1. The lowest BCUT2D eigenvalue weighted by Gasteiger charge is -2.11. The van der Waals surface area contributed by atoms with Gasteiger partial charge in [-0.3, -0.25) is 0 Å². The summed E-state index contributed by atoms with van der Waals surface area (Å²) in [4.78, 5) is 8.66. The molecule has 2 N–H and O–H groups in total. The fraction of sp³-hybridized carbons (Fsp3) is 0.111. The fourth-order valence-electron chi connectivity index (χ4n) is 2.24. The SMILES string of the molecule is COc1cccc(Nc2nc(C)cc(Nc3ccc(F)c(F)c3)n2)c1. The summed E-state index contributed by atoms with van der Waals surface area (Å²) >= 11 is 0. The van der Waals surface area contributed by atoms with Gasteiger partial charge in [0.15, 0.2) is 11.6 Å². The van der Waals surface area contributed by atoms with Gasteiger partial charge in [-0.05, 0) is 31.2 Å². The van der Waals surface area contributed by atoms with E-state index in [9.17, 15) is 8.78 Å². The molecule has 0 atom stereocenters. The molecule has 3 rings (SSSR count). The molecule has 25 heavy (non-hydrogen) atoms. The van der Waals surface area contributed by atoms with Gasteiger partial charge >= 0.3 is 0 Å². The van der Waals surface area contributed by atoms with Crippen LogP contribution in [0.3, 0.4) is 0 Å². The van der Waals surface area contributed by atoms with Crippen LogP contribution < -0.4 is 15.4 Å². The summed E-state index contributed by atoms with van der Waals surface area (Å²) in [6, 6.07) is 12.6. The van der Waals surface area contributed by atoms with Gasteiger partial charge in [0.05, 0.1) is 7.11 Å². The number of benzene rings is 2. The first-order valence-electron chi connectivity index (χ1n) is 7.52. The van der Waals surface area contributed by atoms with Gasteiger partial charge in [-0.1, -0.05) is 6.07 Å². The highest BCUT2D eigenvalue weighted by atomic mass is 19.2. The van der Waals surface area contributed by atoms with Gasteiger partial charge in [0.25, 0.3) is 0 Å². The third-order valence-corrected chi connectivity index (χ3v) is 3.37. The van der Waals surface area contributed by atoms with E-state index in [1.54, 1.807) is 13.2 Å². The lowest BCUT2D eigenvalue weighted by molar-refractivity contribution is 0.415. The number of rotatable bonds is 5. The van der Waals surface area contributed by atoms with Crippen LogP contribution in [0.15, 0.2) is 48.5 Å². The zero-order valence-electron chi connectivity index (χ0n) is 13.7. The molecule has 0 amide bonds. The molecular formula is C18H16F2N4O. The number of aryl methyl sites for hydroxylation is 1. The van der Waals surface area contributed by atoms with Crippen molar-refractivity contribution < 1.29 is 13.5 Å². The second-order valence-electron chi connectivity index (χ2n) is 5.33. The summed E-state index contributed by atoms with van der Waals surface area (Å²) in [5.74, 6) is -0.282. The summed E-state index contributed by atoms with van der Waals surface area (Å²) in [5.41, 5.74) is 1.87.